The summed E-state index contributed by atoms with van der Waals surface area (Å²) in [6.45, 7) is 8.27. The first-order valence-corrected chi connectivity index (χ1v) is 11.7. The van der Waals surface area contributed by atoms with E-state index in [1.54, 1.807) is 25.1 Å². The van der Waals surface area contributed by atoms with Crippen molar-refractivity contribution in [3.8, 4) is 5.75 Å². The van der Waals surface area contributed by atoms with Crippen LogP contribution in [0.3, 0.4) is 0 Å². The number of sulfone groups is 1. The highest BCUT2D eigenvalue weighted by Gasteiger charge is 2.20. The first kappa shape index (κ1) is 21.0. The van der Waals surface area contributed by atoms with Crippen molar-refractivity contribution in [1.29, 1.82) is 0 Å². The Balaban J connectivity index is 2.17. The van der Waals surface area contributed by atoms with E-state index in [2.05, 4.69) is 11.6 Å². The zero-order chi connectivity index (χ0) is 21.0. The van der Waals surface area contributed by atoms with Crippen molar-refractivity contribution in [3.05, 3.63) is 65.5 Å². The molecule has 8 heteroatoms. The summed E-state index contributed by atoms with van der Waals surface area (Å²) in [5.74, 6) is 0.0629. The molecule has 152 valence electrons. The number of rotatable bonds is 7. The molecule has 29 heavy (non-hydrogen) atoms. The van der Waals surface area contributed by atoms with Crippen LogP contribution in [0.5, 0.6) is 5.75 Å². The lowest BCUT2D eigenvalue weighted by molar-refractivity contribution is 0.0994. The van der Waals surface area contributed by atoms with E-state index in [0.29, 0.717) is 18.0 Å². The highest BCUT2D eigenvalue weighted by molar-refractivity contribution is 7.91. The monoisotopic (exact) mass is 430 g/mol. The Hall–Kier alpha value is -2.71. The van der Waals surface area contributed by atoms with E-state index >= 15 is 0 Å². The van der Waals surface area contributed by atoms with Gasteiger partial charge in [-0.25, -0.2) is 8.42 Å². The van der Waals surface area contributed by atoms with Gasteiger partial charge in [-0.1, -0.05) is 36.5 Å². The molecule has 1 amide bonds. The van der Waals surface area contributed by atoms with Gasteiger partial charge in [0.15, 0.2) is 14.6 Å². The second kappa shape index (κ2) is 8.75. The number of ether oxygens (including phenoxy) is 1. The number of carbonyl (C=O) groups excluding carboxylic acids is 1. The molecule has 3 rings (SSSR count). The zero-order valence-corrected chi connectivity index (χ0v) is 17.9. The molecule has 0 spiro atoms. The molecule has 0 radical (unpaired) electrons. The van der Waals surface area contributed by atoms with Gasteiger partial charge in [-0.15, -0.1) is 6.58 Å². The van der Waals surface area contributed by atoms with Crippen molar-refractivity contribution >= 4 is 37.3 Å². The Kier molecular flexibility index (Phi) is 6.34. The first-order chi connectivity index (χ1) is 13.9. The van der Waals surface area contributed by atoms with Crippen LogP contribution >= 0.6 is 11.3 Å². The second-order valence-electron chi connectivity index (χ2n) is 6.16. The molecule has 0 aliphatic carbocycles. The molecule has 0 aliphatic rings. The summed E-state index contributed by atoms with van der Waals surface area (Å²) in [4.78, 5) is 17.7. The molecule has 0 saturated heterocycles. The number of amides is 1. The fraction of sp³-hybridized carbons (Fsp3) is 0.238. The molecule has 0 fully saturated rings. The van der Waals surface area contributed by atoms with Crippen LogP contribution in [0.15, 0.2) is 65.0 Å². The van der Waals surface area contributed by atoms with E-state index in [1.165, 1.54) is 23.5 Å². The Labute approximate surface area is 173 Å². The van der Waals surface area contributed by atoms with E-state index in [1.807, 2.05) is 29.7 Å². The SMILES string of the molecule is C=CCn1c(=NC(=O)c2ccccc2S(=O)(=O)CC)sc2cc(OCC)ccc21. The number of benzene rings is 2. The highest BCUT2D eigenvalue weighted by Crippen LogP contribution is 2.24. The van der Waals surface area contributed by atoms with E-state index in [-0.39, 0.29) is 16.2 Å². The van der Waals surface area contributed by atoms with Gasteiger partial charge in [0.1, 0.15) is 5.75 Å². The quantitative estimate of drug-likeness (QED) is 0.534. The van der Waals surface area contributed by atoms with E-state index in [0.717, 1.165) is 16.0 Å². The molecule has 2 aromatic carbocycles. The fourth-order valence-corrected chi connectivity index (χ4v) is 5.07. The number of hydrogen-bond donors (Lipinski definition) is 0. The third-order valence-electron chi connectivity index (χ3n) is 4.31. The summed E-state index contributed by atoms with van der Waals surface area (Å²) >= 11 is 1.34. The smallest absolute Gasteiger partial charge is 0.280 e. The Morgan fingerprint density at radius 3 is 2.69 bits per heavy atom. The van der Waals surface area contributed by atoms with Crippen molar-refractivity contribution in [2.75, 3.05) is 12.4 Å². The van der Waals surface area contributed by atoms with E-state index in [4.69, 9.17) is 4.74 Å². The van der Waals surface area contributed by atoms with Crippen LogP contribution in [-0.2, 0) is 16.4 Å². The van der Waals surface area contributed by atoms with Crippen LogP contribution < -0.4 is 9.54 Å². The Morgan fingerprint density at radius 2 is 2.00 bits per heavy atom. The van der Waals surface area contributed by atoms with Gasteiger partial charge in [-0.3, -0.25) is 4.79 Å². The zero-order valence-electron chi connectivity index (χ0n) is 16.3. The molecule has 0 atom stereocenters. The predicted octanol–water partition coefficient (Wildman–Crippen LogP) is 3.82. The minimum absolute atomic E-state index is 0.00580. The molecule has 0 saturated carbocycles. The van der Waals surface area contributed by atoms with Crippen molar-refractivity contribution in [3.63, 3.8) is 0 Å². The van der Waals surface area contributed by atoms with Crippen LogP contribution in [-0.4, -0.2) is 31.3 Å². The largest absolute Gasteiger partial charge is 0.494 e. The minimum atomic E-state index is -3.54. The average molecular weight is 431 g/mol. The Morgan fingerprint density at radius 1 is 1.24 bits per heavy atom. The first-order valence-electron chi connectivity index (χ1n) is 9.19. The van der Waals surface area contributed by atoms with Crippen molar-refractivity contribution in [2.24, 2.45) is 4.99 Å². The van der Waals surface area contributed by atoms with Crippen LogP contribution in [0.4, 0.5) is 0 Å². The lowest BCUT2D eigenvalue weighted by atomic mass is 10.2. The second-order valence-corrected chi connectivity index (χ2v) is 9.42. The summed E-state index contributed by atoms with van der Waals surface area (Å²) in [6, 6.07) is 11.9. The number of hydrogen-bond acceptors (Lipinski definition) is 5. The van der Waals surface area contributed by atoms with Gasteiger partial charge in [0.2, 0.25) is 0 Å². The van der Waals surface area contributed by atoms with Crippen LogP contribution in [0, 0.1) is 0 Å². The summed E-state index contributed by atoms with van der Waals surface area (Å²) in [7, 11) is -3.54. The molecule has 1 aromatic heterocycles. The lowest BCUT2D eigenvalue weighted by Crippen LogP contribution is -2.17. The number of aromatic nitrogens is 1. The van der Waals surface area contributed by atoms with Gasteiger partial charge in [0.05, 0.1) is 33.0 Å². The normalized spacial score (nSPS) is 12.3. The molecule has 1 heterocycles. The maximum Gasteiger partial charge on any atom is 0.280 e. The number of thiazole rings is 1. The van der Waals surface area contributed by atoms with Crippen molar-refractivity contribution < 1.29 is 17.9 Å². The van der Waals surface area contributed by atoms with Crippen LogP contribution in [0.25, 0.3) is 10.2 Å². The molecular formula is C21H22N2O4S2. The van der Waals surface area contributed by atoms with Crippen molar-refractivity contribution in [2.45, 2.75) is 25.3 Å². The summed E-state index contributed by atoms with van der Waals surface area (Å²) in [5.41, 5.74) is 0.978. The molecule has 3 aromatic rings. The summed E-state index contributed by atoms with van der Waals surface area (Å²) in [5, 5.41) is 0. The molecule has 0 aliphatic heterocycles. The van der Waals surface area contributed by atoms with Gasteiger partial charge < -0.3 is 9.30 Å². The molecule has 6 nitrogen and oxygen atoms in total. The minimum Gasteiger partial charge on any atom is -0.494 e. The number of carbonyl (C=O) groups is 1. The maximum absolute atomic E-state index is 12.9. The van der Waals surface area contributed by atoms with Gasteiger partial charge >= 0.3 is 0 Å². The topological polar surface area (TPSA) is 77.7 Å². The van der Waals surface area contributed by atoms with E-state index in [9.17, 15) is 13.2 Å². The average Bonchev–Trinajstić information content (AvgIpc) is 3.05. The third-order valence-corrected chi connectivity index (χ3v) is 7.13. The molecular weight excluding hydrogens is 408 g/mol. The third kappa shape index (κ3) is 4.33. The van der Waals surface area contributed by atoms with E-state index < -0.39 is 15.7 Å². The van der Waals surface area contributed by atoms with Gasteiger partial charge in [0, 0.05) is 6.54 Å². The number of nitrogens with zero attached hydrogens (tertiary/aromatic N) is 2. The fourth-order valence-electron chi connectivity index (χ4n) is 2.92. The highest BCUT2D eigenvalue weighted by atomic mass is 32.2. The standard InChI is InChI=1S/C21H22N2O4S2/c1-4-13-23-17-12-11-15(27-5-2)14-18(17)28-21(23)22-20(24)16-9-7-8-10-19(16)29(25,26)6-3/h4,7-12,14H,1,5-6,13H2,2-3H3. The molecule has 0 N–H and O–H groups in total. The maximum atomic E-state index is 12.9. The predicted molar refractivity (Wildman–Crippen MR) is 115 cm³/mol. The molecule has 0 unspecified atom stereocenters. The lowest BCUT2D eigenvalue weighted by Gasteiger charge is -2.06. The number of fused-ring (bicyclic) bond motifs is 1. The summed E-state index contributed by atoms with van der Waals surface area (Å²) < 4.78 is 33.1. The van der Waals surface area contributed by atoms with Crippen LogP contribution in [0.2, 0.25) is 0 Å². The number of allylic oxidation sites excluding steroid dienone is 1. The Bertz CT molecular complexity index is 1240. The van der Waals surface area contributed by atoms with Gasteiger partial charge in [0.25, 0.3) is 5.91 Å². The summed E-state index contributed by atoms with van der Waals surface area (Å²) in [6.07, 6.45) is 1.72. The molecule has 0 bridgehead atoms. The van der Waals surface area contributed by atoms with Gasteiger partial charge in [-0.2, -0.15) is 4.99 Å². The van der Waals surface area contributed by atoms with Gasteiger partial charge in [-0.05, 0) is 37.3 Å². The van der Waals surface area contributed by atoms with Crippen molar-refractivity contribution in [1.82, 2.24) is 4.57 Å². The van der Waals surface area contributed by atoms with Crippen LogP contribution in [0.1, 0.15) is 24.2 Å².